The molecule has 0 aliphatic heterocycles. The molecular formula is C10H12N4O2S. The van der Waals surface area contributed by atoms with E-state index in [2.05, 4.69) is 10.3 Å². The van der Waals surface area contributed by atoms with E-state index in [0.29, 0.717) is 6.54 Å². The van der Waals surface area contributed by atoms with Crippen molar-refractivity contribution < 1.29 is 4.92 Å². The third-order valence-electron chi connectivity index (χ3n) is 2.23. The Morgan fingerprint density at radius 2 is 2.41 bits per heavy atom. The Bertz CT molecular complexity index is 480. The van der Waals surface area contributed by atoms with Crippen molar-refractivity contribution in [3.05, 3.63) is 45.8 Å². The number of rotatable bonds is 6. The zero-order chi connectivity index (χ0) is 12.1. The van der Waals surface area contributed by atoms with Gasteiger partial charge in [0.1, 0.15) is 0 Å². The van der Waals surface area contributed by atoms with Crippen LogP contribution in [0.1, 0.15) is 4.88 Å². The van der Waals surface area contributed by atoms with Gasteiger partial charge in [0.05, 0.1) is 11.3 Å². The number of aromatic nitrogens is 2. The Labute approximate surface area is 102 Å². The van der Waals surface area contributed by atoms with E-state index >= 15 is 0 Å². The summed E-state index contributed by atoms with van der Waals surface area (Å²) in [6.45, 7) is 2.31. The van der Waals surface area contributed by atoms with E-state index in [9.17, 15) is 10.1 Å². The third kappa shape index (κ3) is 3.36. The van der Waals surface area contributed by atoms with Crippen LogP contribution in [0.15, 0.2) is 30.9 Å². The van der Waals surface area contributed by atoms with Crippen molar-refractivity contribution in [1.82, 2.24) is 14.9 Å². The molecule has 0 aromatic carbocycles. The average molecular weight is 252 g/mol. The van der Waals surface area contributed by atoms with Crippen LogP contribution in [0.5, 0.6) is 0 Å². The second-order valence-electron chi connectivity index (χ2n) is 3.47. The first-order valence-corrected chi connectivity index (χ1v) is 5.97. The molecule has 6 nitrogen and oxygen atoms in total. The normalized spacial score (nSPS) is 10.6. The average Bonchev–Trinajstić information content (AvgIpc) is 2.96. The molecule has 0 bridgehead atoms. The van der Waals surface area contributed by atoms with Crippen molar-refractivity contribution in [2.75, 3.05) is 6.54 Å². The number of imidazole rings is 1. The van der Waals surface area contributed by atoms with Crippen LogP contribution in [0.25, 0.3) is 0 Å². The maximum atomic E-state index is 10.5. The molecule has 0 spiro atoms. The second kappa shape index (κ2) is 5.55. The van der Waals surface area contributed by atoms with Gasteiger partial charge in [-0.05, 0) is 6.07 Å². The SMILES string of the molecule is O=[N+]([O-])c1ccc(CNCCn2ccnc2)s1. The molecule has 0 unspecified atom stereocenters. The van der Waals surface area contributed by atoms with E-state index < -0.39 is 0 Å². The largest absolute Gasteiger partial charge is 0.336 e. The van der Waals surface area contributed by atoms with Gasteiger partial charge in [-0.1, -0.05) is 11.3 Å². The predicted octanol–water partition coefficient (Wildman–Crippen LogP) is 1.64. The highest BCUT2D eigenvalue weighted by molar-refractivity contribution is 7.15. The van der Waals surface area contributed by atoms with Crippen LogP contribution < -0.4 is 5.32 Å². The first kappa shape index (κ1) is 11.7. The van der Waals surface area contributed by atoms with E-state index in [1.807, 2.05) is 10.8 Å². The van der Waals surface area contributed by atoms with Crippen LogP contribution in [0.4, 0.5) is 5.00 Å². The summed E-state index contributed by atoms with van der Waals surface area (Å²) in [5, 5.41) is 13.9. The summed E-state index contributed by atoms with van der Waals surface area (Å²) in [6.07, 6.45) is 5.40. The highest BCUT2D eigenvalue weighted by Gasteiger charge is 2.08. The minimum absolute atomic E-state index is 0.191. The van der Waals surface area contributed by atoms with Crippen LogP contribution in [0, 0.1) is 10.1 Å². The van der Waals surface area contributed by atoms with Crippen LogP contribution >= 0.6 is 11.3 Å². The maximum absolute atomic E-state index is 10.5. The number of thiophene rings is 1. The van der Waals surface area contributed by atoms with E-state index in [-0.39, 0.29) is 9.92 Å². The zero-order valence-electron chi connectivity index (χ0n) is 9.07. The molecule has 0 aliphatic rings. The number of nitrogens with one attached hydrogen (secondary N) is 1. The minimum atomic E-state index is -0.361. The van der Waals surface area contributed by atoms with Gasteiger partial charge in [0.25, 0.3) is 0 Å². The van der Waals surface area contributed by atoms with Crippen LogP contribution in [0.3, 0.4) is 0 Å². The summed E-state index contributed by atoms with van der Waals surface area (Å²) in [5.74, 6) is 0. The fourth-order valence-electron chi connectivity index (χ4n) is 1.40. The highest BCUT2D eigenvalue weighted by atomic mass is 32.1. The summed E-state index contributed by atoms with van der Waals surface area (Å²) in [5.41, 5.74) is 0. The van der Waals surface area contributed by atoms with Crippen LogP contribution in [-0.2, 0) is 13.1 Å². The summed E-state index contributed by atoms with van der Waals surface area (Å²) in [7, 11) is 0. The van der Waals surface area contributed by atoms with Crippen molar-refractivity contribution in [3.63, 3.8) is 0 Å². The quantitative estimate of drug-likeness (QED) is 0.482. The molecule has 2 aromatic rings. The van der Waals surface area contributed by atoms with E-state index in [1.54, 1.807) is 18.6 Å². The van der Waals surface area contributed by atoms with Crippen molar-refractivity contribution in [1.29, 1.82) is 0 Å². The van der Waals surface area contributed by atoms with E-state index in [1.165, 1.54) is 17.4 Å². The molecule has 0 amide bonds. The van der Waals surface area contributed by atoms with E-state index in [0.717, 1.165) is 18.0 Å². The fourth-order valence-corrected chi connectivity index (χ4v) is 2.19. The maximum Gasteiger partial charge on any atom is 0.324 e. The molecule has 2 heterocycles. The lowest BCUT2D eigenvalue weighted by molar-refractivity contribution is -0.380. The van der Waals surface area contributed by atoms with Crippen molar-refractivity contribution in [2.24, 2.45) is 0 Å². The number of hydrogen-bond donors (Lipinski definition) is 1. The third-order valence-corrected chi connectivity index (χ3v) is 3.27. The van der Waals surface area contributed by atoms with Gasteiger partial charge in [0.15, 0.2) is 0 Å². The molecule has 2 rings (SSSR count). The molecule has 1 N–H and O–H groups in total. The molecule has 0 saturated heterocycles. The molecule has 7 heteroatoms. The lowest BCUT2D eigenvalue weighted by Crippen LogP contribution is -2.18. The summed E-state index contributed by atoms with van der Waals surface area (Å²) in [4.78, 5) is 15.0. The number of nitrogens with zero attached hydrogens (tertiary/aromatic N) is 3. The lowest BCUT2D eigenvalue weighted by Gasteiger charge is -2.03. The van der Waals surface area contributed by atoms with Gasteiger partial charge in [0.2, 0.25) is 0 Å². The van der Waals surface area contributed by atoms with Crippen LogP contribution in [0.2, 0.25) is 0 Å². The highest BCUT2D eigenvalue weighted by Crippen LogP contribution is 2.23. The molecule has 0 saturated carbocycles. The monoisotopic (exact) mass is 252 g/mol. The fraction of sp³-hybridized carbons (Fsp3) is 0.300. The predicted molar refractivity (Wildman–Crippen MR) is 64.9 cm³/mol. The number of nitro groups is 1. The molecule has 0 atom stereocenters. The Balaban J connectivity index is 1.72. The molecule has 90 valence electrons. The van der Waals surface area contributed by atoms with Gasteiger partial charge in [-0.3, -0.25) is 10.1 Å². The summed E-state index contributed by atoms with van der Waals surface area (Å²) >= 11 is 1.21. The lowest BCUT2D eigenvalue weighted by atomic mass is 10.4. The summed E-state index contributed by atoms with van der Waals surface area (Å²) < 4.78 is 1.98. The Hall–Kier alpha value is -1.73. The Kier molecular flexibility index (Phi) is 3.84. The molecule has 0 radical (unpaired) electrons. The topological polar surface area (TPSA) is 73.0 Å². The second-order valence-corrected chi connectivity index (χ2v) is 4.62. The first-order valence-electron chi connectivity index (χ1n) is 5.15. The smallest absolute Gasteiger partial charge is 0.324 e. The Morgan fingerprint density at radius 3 is 3.06 bits per heavy atom. The van der Waals surface area contributed by atoms with Gasteiger partial charge < -0.3 is 9.88 Å². The van der Waals surface area contributed by atoms with E-state index in [4.69, 9.17) is 0 Å². The standard InChI is InChI=1S/C10H12N4O2S/c15-14(16)10-2-1-9(17-10)7-11-3-5-13-6-4-12-8-13/h1-2,4,6,8,11H,3,5,7H2. The summed E-state index contributed by atoms with van der Waals surface area (Å²) in [6, 6.07) is 3.32. The Morgan fingerprint density at radius 1 is 1.53 bits per heavy atom. The van der Waals surface area contributed by atoms with Crippen molar-refractivity contribution >= 4 is 16.3 Å². The van der Waals surface area contributed by atoms with Gasteiger partial charge in [-0.15, -0.1) is 0 Å². The van der Waals surface area contributed by atoms with Gasteiger partial charge in [-0.2, -0.15) is 0 Å². The molecule has 17 heavy (non-hydrogen) atoms. The van der Waals surface area contributed by atoms with Gasteiger partial charge in [0, 0.05) is 43.0 Å². The molecule has 0 aliphatic carbocycles. The molecule has 0 fully saturated rings. The van der Waals surface area contributed by atoms with Gasteiger partial charge in [-0.25, -0.2) is 4.98 Å². The van der Waals surface area contributed by atoms with Crippen LogP contribution in [-0.4, -0.2) is 21.0 Å². The van der Waals surface area contributed by atoms with Gasteiger partial charge >= 0.3 is 5.00 Å². The first-order chi connectivity index (χ1) is 8.25. The minimum Gasteiger partial charge on any atom is -0.336 e. The molecule has 2 aromatic heterocycles. The van der Waals surface area contributed by atoms with Crippen molar-refractivity contribution in [3.8, 4) is 0 Å². The zero-order valence-corrected chi connectivity index (χ0v) is 9.89. The molecular weight excluding hydrogens is 240 g/mol. The van der Waals surface area contributed by atoms with Crippen molar-refractivity contribution in [2.45, 2.75) is 13.1 Å². The number of hydrogen-bond acceptors (Lipinski definition) is 5.